The Morgan fingerprint density at radius 3 is 2.26 bits per heavy atom. The molecule has 4 rings (SSSR count). The number of carboxylic acids is 1. The summed E-state index contributed by atoms with van der Waals surface area (Å²) in [5.74, 6) is -1.09. The second-order valence-corrected chi connectivity index (χ2v) is 9.42. The van der Waals surface area contributed by atoms with E-state index >= 15 is 0 Å². The number of rotatable bonds is 9. The average molecular weight is 479 g/mol. The fraction of sp³-hybridized carbons (Fsp3) is 0.464. The zero-order chi connectivity index (χ0) is 24.8. The first-order chi connectivity index (χ1) is 17.0. The highest BCUT2D eigenvalue weighted by molar-refractivity contribution is 5.80. The standard InChI is InChI=1S/C28H34N2O5/c1-2-30(16-15-26(31)32)27(33)20-10-4-3-9-19(20)17-29-28(34)35-18-25-23-13-7-5-11-21(23)22-12-6-8-14-24(22)25/h5-8,11-14,19-20,25H,2-4,9-10,15-18H2,1H3,(H,29,34)(H,31,32)/t19-,20-/m1/s1. The summed E-state index contributed by atoms with van der Waals surface area (Å²) in [6, 6.07) is 16.4. The number of hydrogen-bond acceptors (Lipinski definition) is 4. The molecule has 2 aliphatic rings. The summed E-state index contributed by atoms with van der Waals surface area (Å²) in [5, 5.41) is 11.9. The molecule has 0 heterocycles. The minimum absolute atomic E-state index is 0.00417. The number of ether oxygens (including phenoxy) is 1. The van der Waals surface area contributed by atoms with Gasteiger partial charge in [0.05, 0.1) is 6.42 Å². The highest BCUT2D eigenvalue weighted by atomic mass is 16.5. The summed E-state index contributed by atoms with van der Waals surface area (Å²) in [5.41, 5.74) is 4.70. The number of aliphatic carboxylic acids is 1. The molecule has 2 amide bonds. The zero-order valence-electron chi connectivity index (χ0n) is 20.2. The van der Waals surface area contributed by atoms with Gasteiger partial charge in [0.15, 0.2) is 0 Å². The number of hydrogen-bond donors (Lipinski definition) is 2. The molecule has 35 heavy (non-hydrogen) atoms. The van der Waals surface area contributed by atoms with Crippen LogP contribution in [0.25, 0.3) is 11.1 Å². The smallest absolute Gasteiger partial charge is 0.407 e. The molecule has 0 radical (unpaired) electrons. The molecule has 2 aromatic carbocycles. The molecular formula is C28H34N2O5. The van der Waals surface area contributed by atoms with Gasteiger partial charge in [-0.25, -0.2) is 4.79 Å². The second kappa shape index (κ2) is 11.4. The maximum absolute atomic E-state index is 13.1. The Morgan fingerprint density at radius 2 is 1.63 bits per heavy atom. The van der Waals surface area contributed by atoms with E-state index in [0.29, 0.717) is 13.1 Å². The van der Waals surface area contributed by atoms with E-state index in [2.05, 4.69) is 29.6 Å². The maximum Gasteiger partial charge on any atom is 0.407 e. The highest BCUT2D eigenvalue weighted by Crippen LogP contribution is 2.44. The SMILES string of the molecule is CCN(CCC(=O)O)C(=O)[C@@H]1CCCC[C@@H]1CNC(=O)OCC1c2ccccc2-c2ccccc21. The van der Waals surface area contributed by atoms with Crippen LogP contribution in [0.1, 0.15) is 56.1 Å². The molecule has 2 aliphatic carbocycles. The Kier molecular flexibility index (Phi) is 8.06. The van der Waals surface area contributed by atoms with E-state index in [1.165, 1.54) is 22.3 Å². The zero-order valence-corrected chi connectivity index (χ0v) is 20.2. The molecule has 7 heteroatoms. The van der Waals surface area contributed by atoms with Crippen molar-refractivity contribution < 1.29 is 24.2 Å². The van der Waals surface area contributed by atoms with E-state index in [-0.39, 0.29) is 43.2 Å². The lowest BCUT2D eigenvalue weighted by Gasteiger charge is -2.34. The van der Waals surface area contributed by atoms with Crippen LogP contribution >= 0.6 is 0 Å². The van der Waals surface area contributed by atoms with Gasteiger partial charge in [-0.05, 0) is 47.9 Å². The van der Waals surface area contributed by atoms with Crippen LogP contribution in [0.5, 0.6) is 0 Å². The number of nitrogens with one attached hydrogen (secondary N) is 1. The van der Waals surface area contributed by atoms with Gasteiger partial charge in [-0.2, -0.15) is 0 Å². The van der Waals surface area contributed by atoms with Crippen molar-refractivity contribution >= 4 is 18.0 Å². The molecule has 1 fully saturated rings. The van der Waals surface area contributed by atoms with Gasteiger partial charge in [-0.3, -0.25) is 9.59 Å². The van der Waals surface area contributed by atoms with Crippen LogP contribution in [0, 0.1) is 11.8 Å². The van der Waals surface area contributed by atoms with E-state index in [1.54, 1.807) is 4.90 Å². The molecule has 0 spiro atoms. The van der Waals surface area contributed by atoms with Gasteiger partial charge in [-0.1, -0.05) is 61.4 Å². The molecule has 186 valence electrons. The third-order valence-corrected chi connectivity index (χ3v) is 7.37. The van der Waals surface area contributed by atoms with Crippen LogP contribution in [0.4, 0.5) is 4.79 Å². The number of carbonyl (C=O) groups is 3. The monoisotopic (exact) mass is 478 g/mol. The Labute approximate surface area is 206 Å². The fourth-order valence-electron chi connectivity index (χ4n) is 5.53. The van der Waals surface area contributed by atoms with Gasteiger partial charge < -0.3 is 20.1 Å². The summed E-state index contributed by atoms with van der Waals surface area (Å²) >= 11 is 0. The van der Waals surface area contributed by atoms with Crippen LogP contribution in [0.3, 0.4) is 0 Å². The summed E-state index contributed by atoms with van der Waals surface area (Å²) in [7, 11) is 0. The first-order valence-corrected chi connectivity index (χ1v) is 12.6. The summed E-state index contributed by atoms with van der Waals surface area (Å²) in [6.07, 6.45) is 3.07. The third-order valence-electron chi connectivity index (χ3n) is 7.37. The summed E-state index contributed by atoms with van der Waals surface area (Å²) in [4.78, 5) is 38.3. The maximum atomic E-state index is 13.1. The number of fused-ring (bicyclic) bond motifs is 3. The summed E-state index contributed by atoms with van der Waals surface area (Å²) in [6.45, 7) is 3.20. The fourth-order valence-corrected chi connectivity index (χ4v) is 5.53. The number of carbonyl (C=O) groups excluding carboxylic acids is 2. The van der Waals surface area contributed by atoms with Crippen molar-refractivity contribution in [2.75, 3.05) is 26.2 Å². The topological polar surface area (TPSA) is 95.9 Å². The minimum atomic E-state index is -0.909. The van der Waals surface area contributed by atoms with E-state index < -0.39 is 12.1 Å². The molecule has 0 unspecified atom stereocenters. The first-order valence-electron chi connectivity index (χ1n) is 12.6. The van der Waals surface area contributed by atoms with E-state index in [9.17, 15) is 14.4 Å². The van der Waals surface area contributed by atoms with Crippen LogP contribution in [0.2, 0.25) is 0 Å². The first kappa shape index (κ1) is 24.8. The number of benzene rings is 2. The molecule has 7 nitrogen and oxygen atoms in total. The molecular weight excluding hydrogens is 444 g/mol. The van der Waals surface area contributed by atoms with Crippen molar-refractivity contribution in [3.05, 3.63) is 59.7 Å². The van der Waals surface area contributed by atoms with Crippen molar-refractivity contribution in [3.63, 3.8) is 0 Å². The van der Waals surface area contributed by atoms with Crippen molar-refractivity contribution in [2.24, 2.45) is 11.8 Å². The van der Waals surface area contributed by atoms with Gasteiger partial charge >= 0.3 is 12.1 Å². The molecule has 2 aromatic rings. The number of nitrogens with zero attached hydrogens (tertiary/aromatic N) is 1. The lowest BCUT2D eigenvalue weighted by Crippen LogP contribution is -2.44. The van der Waals surface area contributed by atoms with Crippen molar-refractivity contribution in [2.45, 2.75) is 44.9 Å². The molecule has 1 saturated carbocycles. The number of alkyl carbamates (subject to hydrolysis) is 1. The Balaban J connectivity index is 1.33. The van der Waals surface area contributed by atoms with Gasteiger partial charge in [-0.15, -0.1) is 0 Å². The second-order valence-electron chi connectivity index (χ2n) is 9.42. The number of amides is 2. The quantitative estimate of drug-likeness (QED) is 0.547. The van der Waals surface area contributed by atoms with Crippen molar-refractivity contribution in [1.82, 2.24) is 10.2 Å². The van der Waals surface area contributed by atoms with Gasteiger partial charge in [0, 0.05) is 31.5 Å². The van der Waals surface area contributed by atoms with Crippen LogP contribution in [-0.4, -0.2) is 54.2 Å². The predicted molar refractivity (Wildman–Crippen MR) is 133 cm³/mol. The van der Waals surface area contributed by atoms with Gasteiger partial charge in [0.25, 0.3) is 0 Å². The van der Waals surface area contributed by atoms with Crippen molar-refractivity contribution in [3.8, 4) is 11.1 Å². The van der Waals surface area contributed by atoms with Crippen molar-refractivity contribution in [1.29, 1.82) is 0 Å². The average Bonchev–Trinajstić information content (AvgIpc) is 3.20. The molecule has 2 N–H and O–H groups in total. The molecule has 0 aromatic heterocycles. The Morgan fingerprint density at radius 1 is 1.00 bits per heavy atom. The van der Waals surface area contributed by atoms with E-state index in [4.69, 9.17) is 9.84 Å². The molecule has 0 bridgehead atoms. The molecule has 0 saturated heterocycles. The van der Waals surface area contributed by atoms with Gasteiger partial charge in [0.1, 0.15) is 6.61 Å². The normalized spacial score (nSPS) is 18.9. The highest BCUT2D eigenvalue weighted by Gasteiger charge is 2.34. The van der Waals surface area contributed by atoms with E-state index in [0.717, 1.165) is 25.7 Å². The largest absolute Gasteiger partial charge is 0.481 e. The lowest BCUT2D eigenvalue weighted by atomic mass is 9.78. The minimum Gasteiger partial charge on any atom is -0.481 e. The van der Waals surface area contributed by atoms with Gasteiger partial charge in [0.2, 0.25) is 5.91 Å². The molecule has 0 aliphatic heterocycles. The Hall–Kier alpha value is -3.35. The van der Waals surface area contributed by atoms with E-state index in [1.807, 2.05) is 31.2 Å². The van der Waals surface area contributed by atoms with Crippen LogP contribution < -0.4 is 5.32 Å². The lowest BCUT2D eigenvalue weighted by molar-refractivity contribution is -0.141. The van der Waals surface area contributed by atoms with Crippen LogP contribution in [-0.2, 0) is 14.3 Å². The number of carboxylic acid groups (broad SMARTS) is 1. The summed E-state index contributed by atoms with van der Waals surface area (Å²) < 4.78 is 5.65. The third kappa shape index (κ3) is 5.66. The predicted octanol–water partition coefficient (Wildman–Crippen LogP) is 4.65. The van der Waals surface area contributed by atoms with Crippen LogP contribution in [0.15, 0.2) is 48.5 Å². The Bertz CT molecular complexity index is 1020. The molecule has 2 atom stereocenters.